The van der Waals surface area contributed by atoms with Gasteiger partial charge in [-0.3, -0.25) is 4.21 Å². The van der Waals surface area contributed by atoms with Crippen molar-refractivity contribution in [3.05, 3.63) is 71.8 Å². The summed E-state index contributed by atoms with van der Waals surface area (Å²) in [5, 5.41) is 0. The molecule has 2 aromatic carbocycles. The van der Waals surface area contributed by atoms with Gasteiger partial charge in [-0.15, -0.1) is 0 Å². The zero-order valence-corrected chi connectivity index (χ0v) is 15.6. The first kappa shape index (κ1) is 17.3. The third-order valence-corrected chi connectivity index (χ3v) is 6.79. The lowest BCUT2D eigenvalue weighted by molar-refractivity contribution is 0.180. The fourth-order valence-electron chi connectivity index (χ4n) is 4.10. The second-order valence-corrected chi connectivity index (χ2v) is 8.77. The van der Waals surface area contributed by atoms with Gasteiger partial charge in [-0.1, -0.05) is 60.7 Å². The Labute approximate surface area is 157 Å². The molecule has 0 radical (unpaired) electrons. The summed E-state index contributed by atoms with van der Waals surface area (Å²) in [5.74, 6) is 1.39. The van der Waals surface area contributed by atoms with Gasteiger partial charge in [0, 0.05) is 35.4 Å². The van der Waals surface area contributed by atoms with E-state index in [2.05, 4.69) is 24.3 Å². The van der Waals surface area contributed by atoms with Crippen LogP contribution in [0.3, 0.4) is 0 Å². The lowest BCUT2D eigenvalue weighted by atomic mass is 10.0. The zero-order chi connectivity index (χ0) is 17.9. The highest BCUT2D eigenvalue weighted by Crippen LogP contribution is 2.32. The number of carbonyl (C=O) groups excluding carboxylic acids is 1. The normalized spacial score (nSPS) is 25.8. The predicted octanol–water partition coefficient (Wildman–Crippen LogP) is 3.40. The summed E-state index contributed by atoms with van der Waals surface area (Å²) in [6.07, 6.45) is 1.64. The molecule has 2 aliphatic rings. The van der Waals surface area contributed by atoms with E-state index < -0.39 is 10.8 Å². The number of hydrogen-bond acceptors (Lipinski definition) is 2. The van der Waals surface area contributed by atoms with Crippen LogP contribution in [0.5, 0.6) is 0 Å². The molecule has 2 unspecified atom stereocenters. The van der Waals surface area contributed by atoms with Gasteiger partial charge in [0.05, 0.1) is 12.1 Å². The molecule has 2 saturated heterocycles. The average Bonchev–Trinajstić information content (AvgIpc) is 2.80. The van der Waals surface area contributed by atoms with Crippen molar-refractivity contribution in [1.82, 2.24) is 9.80 Å². The summed E-state index contributed by atoms with van der Waals surface area (Å²) >= 11 is 0. The van der Waals surface area contributed by atoms with Crippen LogP contribution in [0.2, 0.25) is 0 Å². The van der Waals surface area contributed by atoms with Gasteiger partial charge in [0.15, 0.2) is 0 Å². The second-order valence-electron chi connectivity index (χ2n) is 7.07. The third kappa shape index (κ3) is 3.54. The van der Waals surface area contributed by atoms with E-state index in [0.717, 1.165) is 24.0 Å². The van der Waals surface area contributed by atoms with E-state index in [1.807, 2.05) is 46.2 Å². The molecule has 0 N–H and O–H groups in total. The Morgan fingerprint density at radius 1 is 0.769 bits per heavy atom. The number of nitrogens with zero attached hydrogens (tertiary/aromatic N) is 2. The SMILES string of the molecule is O=C1N(Cc2ccccc2)C2CCS(=O)CCC2N1Cc1ccccc1. The first-order valence-electron chi connectivity index (χ1n) is 9.22. The number of benzene rings is 2. The van der Waals surface area contributed by atoms with Gasteiger partial charge >= 0.3 is 6.03 Å². The lowest BCUT2D eigenvalue weighted by Crippen LogP contribution is -2.36. The Morgan fingerprint density at radius 3 is 1.62 bits per heavy atom. The first-order valence-corrected chi connectivity index (χ1v) is 10.7. The van der Waals surface area contributed by atoms with Gasteiger partial charge < -0.3 is 9.80 Å². The summed E-state index contributed by atoms with van der Waals surface area (Å²) in [6.45, 7) is 1.25. The molecule has 0 aromatic heterocycles. The number of hydrogen-bond donors (Lipinski definition) is 0. The van der Waals surface area contributed by atoms with Crippen molar-refractivity contribution in [2.75, 3.05) is 11.5 Å². The van der Waals surface area contributed by atoms with Crippen molar-refractivity contribution in [1.29, 1.82) is 0 Å². The van der Waals surface area contributed by atoms with Gasteiger partial charge in [-0.25, -0.2) is 4.79 Å². The van der Waals surface area contributed by atoms with Crippen molar-refractivity contribution < 1.29 is 9.00 Å². The molecule has 2 heterocycles. The summed E-state index contributed by atoms with van der Waals surface area (Å²) in [5.41, 5.74) is 2.29. The maximum absolute atomic E-state index is 13.3. The van der Waals surface area contributed by atoms with E-state index in [0.29, 0.717) is 24.6 Å². The molecule has 26 heavy (non-hydrogen) atoms. The Hall–Kier alpha value is -2.14. The van der Waals surface area contributed by atoms with Crippen molar-refractivity contribution >= 4 is 16.8 Å². The quantitative estimate of drug-likeness (QED) is 0.830. The van der Waals surface area contributed by atoms with Crippen molar-refractivity contribution in [3.63, 3.8) is 0 Å². The predicted molar refractivity (Wildman–Crippen MR) is 104 cm³/mol. The van der Waals surface area contributed by atoms with E-state index in [4.69, 9.17) is 0 Å². The Morgan fingerprint density at radius 2 is 1.19 bits per heavy atom. The highest BCUT2D eigenvalue weighted by atomic mass is 32.2. The molecular formula is C21H24N2O2S. The molecular weight excluding hydrogens is 344 g/mol. The number of carbonyl (C=O) groups is 1. The maximum atomic E-state index is 13.3. The monoisotopic (exact) mass is 368 g/mol. The van der Waals surface area contributed by atoms with E-state index in [1.54, 1.807) is 0 Å². The van der Waals surface area contributed by atoms with Crippen LogP contribution in [0.25, 0.3) is 0 Å². The fourth-order valence-corrected chi connectivity index (χ4v) is 5.31. The summed E-state index contributed by atoms with van der Waals surface area (Å²) < 4.78 is 12.1. The Balaban J connectivity index is 1.61. The topological polar surface area (TPSA) is 40.6 Å². The summed E-state index contributed by atoms with van der Waals surface area (Å²) in [4.78, 5) is 17.3. The molecule has 2 aliphatic heterocycles. The zero-order valence-electron chi connectivity index (χ0n) is 14.8. The van der Waals surface area contributed by atoms with Crippen LogP contribution in [0.1, 0.15) is 24.0 Å². The van der Waals surface area contributed by atoms with Crippen molar-refractivity contribution in [2.24, 2.45) is 0 Å². The van der Waals surface area contributed by atoms with Crippen LogP contribution in [0, 0.1) is 0 Å². The van der Waals surface area contributed by atoms with Crippen LogP contribution in [0.15, 0.2) is 60.7 Å². The van der Waals surface area contributed by atoms with Crippen molar-refractivity contribution in [3.8, 4) is 0 Å². The molecule has 4 rings (SSSR count). The van der Waals surface area contributed by atoms with Gasteiger partial charge in [0.25, 0.3) is 0 Å². The highest BCUT2D eigenvalue weighted by molar-refractivity contribution is 7.84. The van der Waals surface area contributed by atoms with Crippen LogP contribution in [-0.2, 0) is 23.9 Å². The molecule has 5 heteroatoms. The van der Waals surface area contributed by atoms with Crippen LogP contribution in [-0.4, -0.2) is 43.6 Å². The molecule has 0 bridgehead atoms. The smallest absolute Gasteiger partial charge is 0.315 e. The maximum Gasteiger partial charge on any atom is 0.321 e. The van der Waals surface area contributed by atoms with Gasteiger partial charge in [-0.05, 0) is 24.0 Å². The molecule has 136 valence electrons. The molecule has 2 aromatic rings. The van der Waals surface area contributed by atoms with E-state index in [9.17, 15) is 9.00 Å². The number of urea groups is 1. The number of amides is 2. The van der Waals surface area contributed by atoms with Gasteiger partial charge in [0.1, 0.15) is 0 Å². The fraction of sp³-hybridized carbons (Fsp3) is 0.381. The summed E-state index contributed by atoms with van der Waals surface area (Å²) in [7, 11) is -0.765. The molecule has 0 saturated carbocycles. The minimum absolute atomic E-state index is 0.111. The Kier molecular flexibility index (Phi) is 5.07. The average molecular weight is 369 g/mol. The van der Waals surface area contributed by atoms with Gasteiger partial charge in [-0.2, -0.15) is 0 Å². The largest absolute Gasteiger partial charge is 0.321 e. The summed E-state index contributed by atoms with van der Waals surface area (Å²) in [6, 6.07) is 20.7. The van der Waals surface area contributed by atoms with E-state index >= 15 is 0 Å². The van der Waals surface area contributed by atoms with Gasteiger partial charge in [0.2, 0.25) is 0 Å². The first-order chi connectivity index (χ1) is 12.7. The Bertz CT molecular complexity index is 718. The number of rotatable bonds is 4. The molecule has 0 spiro atoms. The lowest BCUT2D eigenvalue weighted by Gasteiger charge is -2.25. The third-order valence-electron chi connectivity index (χ3n) is 5.41. The van der Waals surface area contributed by atoms with Crippen LogP contribution >= 0.6 is 0 Å². The van der Waals surface area contributed by atoms with E-state index in [-0.39, 0.29) is 18.1 Å². The molecule has 4 nitrogen and oxygen atoms in total. The molecule has 2 fully saturated rings. The minimum atomic E-state index is -0.765. The van der Waals surface area contributed by atoms with Crippen LogP contribution in [0.4, 0.5) is 4.79 Å². The number of fused-ring (bicyclic) bond motifs is 1. The molecule has 0 aliphatic carbocycles. The standard InChI is InChI=1S/C21H24N2O2S/c24-21-22(15-17-7-3-1-4-8-17)19-11-13-26(25)14-12-20(19)23(21)16-18-9-5-2-6-10-18/h1-10,19-20H,11-16H2. The van der Waals surface area contributed by atoms with Crippen LogP contribution < -0.4 is 0 Å². The minimum Gasteiger partial charge on any atom is -0.315 e. The second kappa shape index (κ2) is 7.62. The molecule has 2 atom stereocenters. The highest BCUT2D eigenvalue weighted by Gasteiger charge is 2.46. The molecule has 2 amide bonds. The van der Waals surface area contributed by atoms with E-state index in [1.165, 1.54) is 0 Å². The van der Waals surface area contributed by atoms with Crippen molar-refractivity contribution in [2.45, 2.75) is 38.0 Å².